The molecule has 0 radical (unpaired) electrons. The van der Waals surface area contributed by atoms with Crippen molar-refractivity contribution in [1.82, 2.24) is 10.2 Å². The van der Waals surface area contributed by atoms with Crippen LogP contribution in [0.3, 0.4) is 0 Å². The van der Waals surface area contributed by atoms with Crippen molar-refractivity contribution in [1.29, 1.82) is 0 Å². The van der Waals surface area contributed by atoms with E-state index in [9.17, 15) is 9.59 Å². The first kappa shape index (κ1) is 18.0. The second-order valence-electron chi connectivity index (χ2n) is 6.31. The molecule has 0 saturated carbocycles. The third-order valence-corrected chi connectivity index (χ3v) is 4.17. The molecule has 21 heavy (non-hydrogen) atoms. The number of hydrogen-bond donors (Lipinski definition) is 2. The standard InChI is InChI=1S/C16H31N3O2/c1-4-5-6-7-10-18-15(20)13-9-8-11-19(13)16(21)14(17)12(2)3/h12-14H,4-11,17H2,1-3H3,(H,18,20)/t13-,14-/m0/s1. The molecule has 0 aromatic heterocycles. The second kappa shape index (κ2) is 9.03. The number of likely N-dealkylation sites (tertiary alicyclic amines) is 1. The molecule has 0 aliphatic carbocycles. The molecule has 5 nitrogen and oxygen atoms in total. The van der Waals surface area contributed by atoms with Crippen molar-refractivity contribution in [2.45, 2.75) is 71.4 Å². The monoisotopic (exact) mass is 297 g/mol. The predicted molar refractivity (Wildman–Crippen MR) is 84.7 cm³/mol. The first-order valence-electron chi connectivity index (χ1n) is 8.32. The summed E-state index contributed by atoms with van der Waals surface area (Å²) in [7, 11) is 0. The lowest BCUT2D eigenvalue weighted by Crippen LogP contribution is -2.52. The zero-order valence-electron chi connectivity index (χ0n) is 13.7. The molecule has 5 heteroatoms. The Morgan fingerprint density at radius 1 is 1.29 bits per heavy atom. The summed E-state index contributed by atoms with van der Waals surface area (Å²) in [6, 6.07) is -0.837. The number of nitrogens with two attached hydrogens (primary N) is 1. The summed E-state index contributed by atoms with van der Waals surface area (Å²) in [6.07, 6.45) is 6.16. The summed E-state index contributed by atoms with van der Waals surface area (Å²) >= 11 is 0. The van der Waals surface area contributed by atoms with Crippen LogP contribution in [0.2, 0.25) is 0 Å². The maximum Gasteiger partial charge on any atom is 0.242 e. The quantitative estimate of drug-likeness (QED) is 0.669. The molecular weight excluding hydrogens is 266 g/mol. The third-order valence-electron chi connectivity index (χ3n) is 4.17. The van der Waals surface area contributed by atoms with Gasteiger partial charge in [-0.15, -0.1) is 0 Å². The molecule has 1 rings (SSSR count). The smallest absolute Gasteiger partial charge is 0.242 e. The van der Waals surface area contributed by atoms with Crippen LogP contribution in [0.5, 0.6) is 0 Å². The first-order chi connectivity index (χ1) is 9.99. The molecule has 2 atom stereocenters. The molecule has 0 spiro atoms. The molecule has 3 N–H and O–H groups in total. The van der Waals surface area contributed by atoms with Crippen molar-refractivity contribution in [3.8, 4) is 0 Å². The van der Waals surface area contributed by atoms with E-state index in [2.05, 4.69) is 12.2 Å². The largest absolute Gasteiger partial charge is 0.354 e. The third kappa shape index (κ3) is 5.30. The normalized spacial score (nSPS) is 19.9. The van der Waals surface area contributed by atoms with Crippen molar-refractivity contribution in [2.24, 2.45) is 11.7 Å². The molecule has 1 aliphatic rings. The lowest BCUT2D eigenvalue weighted by atomic mass is 10.0. The highest BCUT2D eigenvalue weighted by atomic mass is 16.2. The van der Waals surface area contributed by atoms with Gasteiger partial charge in [0.05, 0.1) is 6.04 Å². The molecule has 1 heterocycles. The minimum Gasteiger partial charge on any atom is -0.354 e. The van der Waals surface area contributed by atoms with E-state index in [1.807, 2.05) is 13.8 Å². The van der Waals surface area contributed by atoms with Gasteiger partial charge in [-0.2, -0.15) is 0 Å². The van der Waals surface area contributed by atoms with Crippen molar-refractivity contribution >= 4 is 11.8 Å². The van der Waals surface area contributed by atoms with Gasteiger partial charge in [-0.25, -0.2) is 0 Å². The van der Waals surface area contributed by atoms with Gasteiger partial charge in [-0.1, -0.05) is 40.0 Å². The van der Waals surface area contributed by atoms with Crippen LogP contribution in [-0.4, -0.2) is 41.9 Å². The Bertz CT molecular complexity index is 344. The number of unbranched alkanes of at least 4 members (excludes halogenated alkanes) is 3. The molecule has 0 bridgehead atoms. The number of rotatable bonds is 8. The Labute approximate surface area is 128 Å². The average molecular weight is 297 g/mol. The number of nitrogens with one attached hydrogen (secondary N) is 1. The van der Waals surface area contributed by atoms with Crippen LogP contribution in [-0.2, 0) is 9.59 Å². The van der Waals surface area contributed by atoms with Crippen molar-refractivity contribution < 1.29 is 9.59 Å². The Balaban J connectivity index is 2.45. The van der Waals surface area contributed by atoms with Gasteiger partial charge in [-0.3, -0.25) is 9.59 Å². The molecule has 0 aromatic carbocycles. The molecule has 1 fully saturated rings. The summed E-state index contributed by atoms with van der Waals surface area (Å²) < 4.78 is 0. The summed E-state index contributed by atoms with van der Waals surface area (Å²) in [6.45, 7) is 7.38. The molecule has 1 aliphatic heterocycles. The zero-order chi connectivity index (χ0) is 15.8. The maximum atomic E-state index is 12.3. The highest BCUT2D eigenvalue weighted by Gasteiger charge is 2.36. The highest BCUT2D eigenvalue weighted by Crippen LogP contribution is 2.19. The minimum atomic E-state index is -0.511. The van der Waals surface area contributed by atoms with Crippen molar-refractivity contribution in [3.05, 3.63) is 0 Å². The zero-order valence-corrected chi connectivity index (χ0v) is 13.7. The van der Waals surface area contributed by atoms with Crippen LogP contribution >= 0.6 is 0 Å². The van der Waals surface area contributed by atoms with Crippen LogP contribution < -0.4 is 11.1 Å². The lowest BCUT2D eigenvalue weighted by molar-refractivity contribution is -0.140. The highest BCUT2D eigenvalue weighted by molar-refractivity contribution is 5.90. The summed E-state index contributed by atoms with van der Waals surface area (Å²) in [5, 5.41) is 2.96. The van der Waals surface area contributed by atoms with Gasteiger partial charge >= 0.3 is 0 Å². The van der Waals surface area contributed by atoms with E-state index in [-0.39, 0.29) is 23.8 Å². The first-order valence-corrected chi connectivity index (χ1v) is 8.32. The topological polar surface area (TPSA) is 75.4 Å². The van der Waals surface area contributed by atoms with Gasteiger partial charge in [0.1, 0.15) is 6.04 Å². The van der Waals surface area contributed by atoms with Crippen LogP contribution in [0, 0.1) is 5.92 Å². The molecule has 0 unspecified atom stereocenters. The maximum absolute atomic E-state index is 12.3. The molecule has 0 aromatic rings. The van der Waals surface area contributed by atoms with E-state index in [4.69, 9.17) is 5.73 Å². The van der Waals surface area contributed by atoms with E-state index in [1.54, 1.807) is 4.90 Å². The fraction of sp³-hybridized carbons (Fsp3) is 0.875. The Kier molecular flexibility index (Phi) is 7.72. The van der Waals surface area contributed by atoms with E-state index in [0.29, 0.717) is 13.1 Å². The second-order valence-corrected chi connectivity index (χ2v) is 6.31. The van der Waals surface area contributed by atoms with Crippen LogP contribution in [0.4, 0.5) is 0 Å². The Morgan fingerprint density at radius 3 is 2.62 bits per heavy atom. The number of carbonyl (C=O) groups is 2. The molecule has 2 amide bonds. The lowest BCUT2D eigenvalue weighted by Gasteiger charge is -2.28. The fourth-order valence-corrected chi connectivity index (χ4v) is 2.66. The van der Waals surface area contributed by atoms with Gasteiger partial charge in [0.25, 0.3) is 0 Å². The average Bonchev–Trinajstić information content (AvgIpc) is 2.94. The molecule has 122 valence electrons. The minimum absolute atomic E-state index is 0.0201. The Morgan fingerprint density at radius 2 is 2.00 bits per heavy atom. The molecule has 1 saturated heterocycles. The van der Waals surface area contributed by atoms with Gasteiger partial charge in [0.15, 0.2) is 0 Å². The molecular formula is C16H31N3O2. The van der Waals surface area contributed by atoms with E-state index < -0.39 is 6.04 Å². The summed E-state index contributed by atoms with van der Waals surface area (Å²) in [5.74, 6) is -0.0159. The van der Waals surface area contributed by atoms with Gasteiger partial charge in [0, 0.05) is 13.1 Å². The number of nitrogens with zero attached hydrogens (tertiary/aromatic N) is 1. The number of hydrogen-bond acceptors (Lipinski definition) is 3. The van der Waals surface area contributed by atoms with Gasteiger partial charge in [-0.05, 0) is 25.2 Å². The van der Waals surface area contributed by atoms with Crippen LogP contribution in [0.25, 0.3) is 0 Å². The summed E-state index contributed by atoms with van der Waals surface area (Å²) in [5.41, 5.74) is 5.93. The van der Waals surface area contributed by atoms with Crippen molar-refractivity contribution in [3.63, 3.8) is 0 Å². The summed E-state index contributed by atoms with van der Waals surface area (Å²) in [4.78, 5) is 26.2. The van der Waals surface area contributed by atoms with Crippen molar-refractivity contribution in [2.75, 3.05) is 13.1 Å². The van der Waals surface area contributed by atoms with E-state index in [0.717, 1.165) is 25.7 Å². The van der Waals surface area contributed by atoms with E-state index >= 15 is 0 Å². The fourth-order valence-electron chi connectivity index (χ4n) is 2.66. The Hall–Kier alpha value is -1.10. The van der Waals surface area contributed by atoms with Gasteiger partial charge < -0.3 is 16.0 Å². The number of carbonyl (C=O) groups excluding carboxylic acids is 2. The van der Waals surface area contributed by atoms with Gasteiger partial charge in [0.2, 0.25) is 11.8 Å². The SMILES string of the molecule is CCCCCCNC(=O)[C@@H]1CCCN1C(=O)[C@@H](N)C(C)C. The predicted octanol–water partition coefficient (Wildman–Crippen LogP) is 1.66. The number of amides is 2. The van der Waals surface area contributed by atoms with Crippen LogP contribution in [0.1, 0.15) is 59.3 Å². The van der Waals surface area contributed by atoms with Crippen LogP contribution in [0.15, 0.2) is 0 Å². The van der Waals surface area contributed by atoms with E-state index in [1.165, 1.54) is 12.8 Å².